The summed E-state index contributed by atoms with van der Waals surface area (Å²) in [5.74, 6) is -1.48. The van der Waals surface area contributed by atoms with Crippen LogP contribution in [0.4, 0.5) is 14.5 Å². The van der Waals surface area contributed by atoms with Crippen LogP contribution in [0.5, 0.6) is 0 Å². The highest BCUT2D eigenvalue weighted by molar-refractivity contribution is 6.35. The zero-order chi connectivity index (χ0) is 15.0. The number of halogens is 3. The highest BCUT2D eigenvalue weighted by Crippen LogP contribution is 2.32. The number of rotatable bonds is 2. The highest BCUT2D eigenvalue weighted by atomic mass is 35.5. The molecule has 21 heavy (non-hydrogen) atoms. The first kappa shape index (κ1) is 13.4. The number of benzene rings is 2. The van der Waals surface area contributed by atoms with Crippen molar-refractivity contribution in [2.75, 3.05) is 5.73 Å². The van der Waals surface area contributed by atoms with E-state index in [9.17, 15) is 8.78 Å². The van der Waals surface area contributed by atoms with E-state index in [0.29, 0.717) is 11.3 Å². The number of nitrogen functional groups attached to an aromatic ring is 1. The van der Waals surface area contributed by atoms with Crippen molar-refractivity contribution >= 4 is 17.3 Å². The van der Waals surface area contributed by atoms with Gasteiger partial charge in [0.2, 0.25) is 0 Å². The average Bonchev–Trinajstić information content (AvgIpc) is 2.91. The fraction of sp³-hybridized carbons (Fsp3) is 0. The monoisotopic (exact) mass is 307 g/mol. The summed E-state index contributed by atoms with van der Waals surface area (Å²) in [7, 11) is 0. The van der Waals surface area contributed by atoms with Crippen LogP contribution in [-0.4, -0.2) is 20.2 Å². The Kier molecular flexibility index (Phi) is 3.26. The van der Waals surface area contributed by atoms with Crippen molar-refractivity contribution < 1.29 is 8.78 Å². The van der Waals surface area contributed by atoms with Gasteiger partial charge in [0, 0.05) is 5.56 Å². The molecule has 0 aliphatic heterocycles. The van der Waals surface area contributed by atoms with Crippen LogP contribution >= 0.6 is 11.6 Å². The first-order valence-corrected chi connectivity index (χ1v) is 6.24. The molecule has 0 atom stereocenters. The van der Waals surface area contributed by atoms with Crippen LogP contribution in [0.1, 0.15) is 0 Å². The number of hydrogen-bond acceptors (Lipinski definition) is 4. The second kappa shape index (κ2) is 5.10. The van der Waals surface area contributed by atoms with E-state index in [1.54, 1.807) is 18.2 Å². The van der Waals surface area contributed by atoms with E-state index in [-0.39, 0.29) is 16.5 Å². The van der Waals surface area contributed by atoms with Gasteiger partial charge in [-0.2, -0.15) is 4.68 Å². The number of aromatic nitrogens is 4. The second-order valence-electron chi connectivity index (χ2n) is 4.19. The third-order valence-corrected chi connectivity index (χ3v) is 3.31. The van der Waals surface area contributed by atoms with E-state index in [1.165, 1.54) is 6.07 Å². The number of anilines is 1. The van der Waals surface area contributed by atoms with Gasteiger partial charge >= 0.3 is 0 Å². The van der Waals surface area contributed by atoms with Crippen molar-refractivity contribution in [3.05, 3.63) is 53.1 Å². The smallest absolute Gasteiger partial charge is 0.188 e. The molecule has 0 bridgehead atoms. The Balaban J connectivity index is 2.25. The van der Waals surface area contributed by atoms with Gasteiger partial charge in [0.25, 0.3) is 0 Å². The van der Waals surface area contributed by atoms with Crippen molar-refractivity contribution in [3.63, 3.8) is 0 Å². The van der Waals surface area contributed by atoms with Gasteiger partial charge in [-0.25, -0.2) is 8.78 Å². The van der Waals surface area contributed by atoms with Gasteiger partial charge in [0.15, 0.2) is 17.5 Å². The first-order chi connectivity index (χ1) is 10.1. The van der Waals surface area contributed by atoms with Crippen LogP contribution in [0.2, 0.25) is 5.02 Å². The number of nitrogens with two attached hydrogens (primary N) is 1. The first-order valence-electron chi connectivity index (χ1n) is 5.86. The zero-order valence-corrected chi connectivity index (χ0v) is 11.2. The largest absolute Gasteiger partial charge is 0.398 e. The average molecular weight is 308 g/mol. The molecule has 0 amide bonds. The van der Waals surface area contributed by atoms with E-state index < -0.39 is 11.6 Å². The van der Waals surface area contributed by atoms with Gasteiger partial charge in [-0.05, 0) is 34.7 Å². The standard InChI is InChI=1S/C13H8ClF2N5/c14-11-7(3-1-6-10(11)17)13-18-19-20-21(13)12-8(15)4-2-5-9(12)16/h1-6H,17H2. The minimum atomic E-state index is -0.788. The Morgan fingerprint density at radius 3 is 2.43 bits per heavy atom. The lowest BCUT2D eigenvalue weighted by molar-refractivity contribution is 0.557. The van der Waals surface area contributed by atoms with Gasteiger partial charge in [-0.1, -0.05) is 23.7 Å². The zero-order valence-electron chi connectivity index (χ0n) is 10.5. The maximum atomic E-state index is 13.9. The lowest BCUT2D eigenvalue weighted by atomic mass is 10.2. The third kappa shape index (κ3) is 2.21. The molecule has 0 aliphatic rings. The van der Waals surface area contributed by atoms with Crippen LogP contribution in [0, 0.1) is 11.6 Å². The van der Waals surface area contributed by atoms with E-state index in [4.69, 9.17) is 17.3 Å². The van der Waals surface area contributed by atoms with Gasteiger partial charge in [-0.15, -0.1) is 5.10 Å². The summed E-state index contributed by atoms with van der Waals surface area (Å²) in [5, 5.41) is 11.1. The molecule has 106 valence electrons. The molecular formula is C13H8ClF2N5. The highest BCUT2D eigenvalue weighted by Gasteiger charge is 2.20. The molecule has 0 saturated carbocycles. The van der Waals surface area contributed by atoms with Gasteiger partial charge in [0.05, 0.1) is 10.7 Å². The molecule has 3 aromatic rings. The summed E-state index contributed by atoms with van der Waals surface area (Å²) >= 11 is 6.10. The normalized spacial score (nSPS) is 10.8. The Labute approximate surface area is 123 Å². The molecule has 5 nitrogen and oxygen atoms in total. The Hall–Kier alpha value is -2.54. The molecule has 1 aromatic heterocycles. The summed E-state index contributed by atoms with van der Waals surface area (Å²) in [6, 6.07) is 8.35. The fourth-order valence-corrected chi connectivity index (χ4v) is 2.13. The molecule has 0 fully saturated rings. The Morgan fingerprint density at radius 1 is 1.05 bits per heavy atom. The molecule has 1 heterocycles. The molecule has 2 aromatic carbocycles. The van der Waals surface area contributed by atoms with Crippen molar-refractivity contribution in [3.8, 4) is 17.1 Å². The number of nitrogens with zero attached hydrogens (tertiary/aromatic N) is 4. The molecule has 0 radical (unpaired) electrons. The molecule has 0 unspecified atom stereocenters. The van der Waals surface area contributed by atoms with Crippen LogP contribution in [-0.2, 0) is 0 Å². The fourth-order valence-electron chi connectivity index (χ4n) is 1.92. The number of hydrogen-bond donors (Lipinski definition) is 1. The van der Waals surface area contributed by atoms with Crippen molar-refractivity contribution in [1.82, 2.24) is 20.2 Å². The molecule has 2 N–H and O–H groups in total. The lowest BCUT2D eigenvalue weighted by Gasteiger charge is -2.09. The SMILES string of the molecule is Nc1cccc(-c2nnnn2-c2c(F)cccc2F)c1Cl. The molecule has 8 heteroatoms. The minimum Gasteiger partial charge on any atom is -0.398 e. The molecule has 0 aliphatic carbocycles. The van der Waals surface area contributed by atoms with E-state index in [0.717, 1.165) is 16.8 Å². The maximum Gasteiger partial charge on any atom is 0.188 e. The summed E-state index contributed by atoms with van der Waals surface area (Å²) in [4.78, 5) is 0. The summed E-state index contributed by atoms with van der Waals surface area (Å²) < 4.78 is 28.7. The molecule has 0 spiro atoms. The van der Waals surface area contributed by atoms with Crippen LogP contribution in [0.3, 0.4) is 0 Å². The van der Waals surface area contributed by atoms with Crippen LogP contribution in [0.15, 0.2) is 36.4 Å². The molecule has 3 rings (SSSR count). The quantitative estimate of drug-likeness (QED) is 0.739. The molecular weight excluding hydrogens is 300 g/mol. The Bertz CT molecular complexity index is 798. The van der Waals surface area contributed by atoms with Gasteiger partial charge in [-0.3, -0.25) is 0 Å². The van der Waals surface area contributed by atoms with E-state index in [2.05, 4.69) is 15.5 Å². The predicted molar refractivity (Wildman–Crippen MR) is 73.9 cm³/mol. The van der Waals surface area contributed by atoms with Crippen LogP contribution in [0.25, 0.3) is 17.1 Å². The Morgan fingerprint density at radius 2 is 1.71 bits per heavy atom. The number of para-hydroxylation sites is 1. The summed E-state index contributed by atoms with van der Waals surface area (Å²) in [6.07, 6.45) is 0. The van der Waals surface area contributed by atoms with Gasteiger partial charge < -0.3 is 5.73 Å². The van der Waals surface area contributed by atoms with Crippen molar-refractivity contribution in [2.45, 2.75) is 0 Å². The summed E-state index contributed by atoms with van der Waals surface area (Å²) in [5.41, 5.74) is 6.03. The van der Waals surface area contributed by atoms with Crippen molar-refractivity contribution in [2.24, 2.45) is 0 Å². The predicted octanol–water partition coefficient (Wildman–Crippen LogP) is 2.84. The van der Waals surface area contributed by atoms with Crippen molar-refractivity contribution in [1.29, 1.82) is 0 Å². The molecule has 0 saturated heterocycles. The van der Waals surface area contributed by atoms with E-state index in [1.807, 2.05) is 0 Å². The lowest BCUT2D eigenvalue weighted by Crippen LogP contribution is -2.06. The minimum absolute atomic E-state index is 0.0938. The maximum absolute atomic E-state index is 13.9. The second-order valence-corrected chi connectivity index (χ2v) is 4.57. The van der Waals surface area contributed by atoms with E-state index >= 15 is 0 Å². The van der Waals surface area contributed by atoms with Crippen LogP contribution < -0.4 is 5.73 Å². The van der Waals surface area contributed by atoms with Gasteiger partial charge in [0.1, 0.15) is 5.69 Å². The topological polar surface area (TPSA) is 69.6 Å². The third-order valence-electron chi connectivity index (χ3n) is 2.89. The number of tetrazole rings is 1. The summed E-state index contributed by atoms with van der Waals surface area (Å²) in [6.45, 7) is 0.